The van der Waals surface area contributed by atoms with Crippen molar-refractivity contribution in [2.75, 3.05) is 23.7 Å². The van der Waals surface area contributed by atoms with Crippen molar-refractivity contribution in [2.24, 2.45) is 11.8 Å². The molecule has 2 unspecified atom stereocenters. The molecule has 2 N–H and O–H groups in total. The highest BCUT2D eigenvalue weighted by Crippen LogP contribution is 2.20. The lowest BCUT2D eigenvalue weighted by molar-refractivity contribution is 0.563. The highest BCUT2D eigenvalue weighted by molar-refractivity contribution is 5.53. The second kappa shape index (κ2) is 8.07. The lowest BCUT2D eigenvalue weighted by Gasteiger charge is -2.19. The van der Waals surface area contributed by atoms with E-state index in [4.69, 9.17) is 0 Å². The van der Waals surface area contributed by atoms with Crippen LogP contribution in [-0.2, 0) is 0 Å². The van der Waals surface area contributed by atoms with Gasteiger partial charge < -0.3 is 10.6 Å². The zero-order valence-electron chi connectivity index (χ0n) is 13.4. The van der Waals surface area contributed by atoms with Gasteiger partial charge in [0.2, 0.25) is 0 Å². The maximum Gasteiger partial charge on any atom is 0.0341 e. The van der Waals surface area contributed by atoms with Gasteiger partial charge in [-0.25, -0.2) is 0 Å². The third-order valence-electron chi connectivity index (χ3n) is 4.73. The summed E-state index contributed by atoms with van der Waals surface area (Å²) in [5, 5.41) is 7.11. The molecule has 0 aromatic heterocycles. The van der Waals surface area contributed by atoms with Crippen LogP contribution in [0.15, 0.2) is 48.6 Å². The summed E-state index contributed by atoms with van der Waals surface area (Å²) in [6, 6.07) is 8.74. The molecule has 1 aromatic rings. The Labute approximate surface area is 134 Å². The summed E-state index contributed by atoms with van der Waals surface area (Å²) in [4.78, 5) is 0. The van der Waals surface area contributed by atoms with Gasteiger partial charge in [-0.2, -0.15) is 0 Å². The van der Waals surface area contributed by atoms with Crippen molar-refractivity contribution in [1.82, 2.24) is 0 Å². The maximum atomic E-state index is 3.56. The largest absolute Gasteiger partial charge is 0.384 e. The van der Waals surface area contributed by atoms with Gasteiger partial charge in [0.15, 0.2) is 0 Å². The predicted molar refractivity (Wildman–Crippen MR) is 96.4 cm³/mol. The third-order valence-corrected chi connectivity index (χ3v) is 4.73. The van der Waals surface area contributed by atoms with Gasteiger partial charge in [-0.05, 0) is 74.6 Å². The third kappa shape index (κ3) is 4.66. The fourth-order valence-corrected chi connectivity index (χ4v) is 3.31. The van der Waals surface area contributed by atoms with Gasteiger partial charge in [-0.15, -0.1) is 0 Å². The normalized spacial score (nSPS) is 24.2. The number of allylic oxidation sites excluding steroid dienone is 2. The van der Waals surface area contributed by atoms with E-state index in [0.29, 0.717) is 11.8 Å². The quantitative estimate of drug-likeness (QED) is 0.703. The zero-order chi connectivity index (χ0) is 15.0. The van der Waals surface area contributed by atoms with Crippen LogP contribution in [0, 0.1) is 11.8 Å². The van der Waals surface area contributed by atoms with Crippen LogP contribution in [0.2, 0.25) is 0 Å². The molecule has 0 aliphatic heterocycles. The Hall–Kier alpha value is -1.70. The number of anilines is 2. The molecule has 118 valence electrons. The average Bonchev–Trinajstić information content (AvgIpc) is 2.61. The van der Waals surface area contributed by atoms with E-state index in [9.17, 15) is 0 Å². The summed E-state index contributed by atoms with van der Waals surface area (Å²) < 4.78 is 0. The molecule has 2 heteroatoms. The Morgan fingerprint density at radius 3 is 1.55 bits per heavy atom. The maximum absolute atomic E-state index is 3.56. The second-order valence-corrected chi connectivity index (χ2v) is 6.58. The first-order chi connectivity index (χ1) is 10.9. The molecule has 2 nitrogen and oxygen atoms in total. The van der Waals surface area contributed by atoms with Gasteiger partial charge in [0.25, 0.3) is 0 Å². The summed E-state index contributed by atoms with van der Waals surface area (Å²) in [5.41, 5.74) is 2.45. The van der Waals surface area contributed by atoms with E-state index in [2.05, 4.69) is 59.2 Å². The molecular weight excluding hydrogens is 268 g/mol. The van der Waals surface area contributed by atoms with Crippen molar-refractivity contribution >= 4 is 11.4 Å². The van der Waals surface area contributed by atoms with Crippen molar-refractivity contribution in [2.45, 2.75) is 38.5 Å². The van der Waals surface area contributed by atoms with Gasteiger partial charge in [0.1, 0.15) is 0 Å². The first kappa shape index (κ1) is 15.2. The van der Waals surface area contributed by atoms with Crippen LogP contribution in [0.3, 0.4) is 0 Å². The molecule has 0 saturated carbocycles. The smallest absolute Gasteiger partial charge is 0.0341 e. The summed E-state index contributed by atoms with van der Waals surface area (Å²) in [7, 11) is 0. The van der Waals surface area contributed by atoms with Gasteiger partial charge in [0, 0.05) is 24.5 Å². The van der Waals surface area contributed by atoms with Crippen LogP contribution < -0.4 is 10.6 Å². The Kier molecular flexibility index (Phi) is 5.58. The molecule has 0 fully saturated rings. The topological polar surface area (TPSA) is 24.1 Å². The highest BCUT2D eigenvalue weighted by atomic mass is 14.9. The molecule has 2 atom stereocenters. The standard InChI is InChI=1S/C20H28N2/c1-3-7-17(8-4-1)15-21-19-11-13-20(14-12-19)22-16-18-9-5-2-6-10-18/h3,5,7,9,11-14,17-18,21-22H,1-2,4,6,8,10,15-16H2. The minimum atomic E-state index is 0.699. The SMILES string of the molecule is C1=CC(CNc2ccc(NCC3C=CCCC3)cc2)CCC1. The monoisotopic (exact) mass is 296 g/mol. The Bertz CT molecular complexity index is 454. The zero-order valence-corrected chi connectivity index (χ0v) is 13.4. The first-order valence-corrected chi connectivity index (χ1v) is 8.81. The van der Waals surface area contributed by atoms with Crippen molar-refractivity contribution in [3.8, 4) is 0 Å². The lowest BCUT2D eigenvalue weighted by atomic mass is 9.96. The predicted octanol–water partition coefficient (Wildman–Crippen LogP) is 5.22. The fraction of sp³-hybridized carbons (Fsp3) is 0.500. The van der Waals surface area contributed by atoms with Crippen molar-refractivity contribution in [3.05, 3.63) is 48.6 Å². The highest BCUT2D eigenvalue weighted by Gasteiger charge is 2.09. The van der Waals surface area contributed by atoms with Crippen LogP contribution in [-0.4, -0.2) is 13.1 Å². The summed E-state index contributed by atoms with van der Waals surface area (Å²) in [6.45, 7) is 2.10. The number of nitrogens with one attached hydrogen (secondary N) is 2. The van der Waals surface area contributed by atoms with E-state index < -0.39 is 0 Å². The molecule has 0 radical (unpaired) electrons. The summed E-state index contributed by atoms with van der Waals surface area (Å²) in [6.07, 6.45) is 17.2. The fourth-order valence-electron chi connectivity index (χ4n) is 3.31. The molecule has 0 bridgehead atoms. The molecule has 2 aliphatic rings. The molecule has 22 heavy (non-hydrogen) atoms. The van der Waals surface area contributed by atoms with Crippen LogP contribution in [0.25, 0.3) is 0 Å². The van der Waals surface area contributed by atoms with E-state index >= 15 is 0 Å². The lowest BCUT2D eigenvalue weighted by Crippen LogP contribution is -2.15. The average molecular weight is 296 g/mol. The molecular formula is C20H28N2. The molecule has 1 aromatic carbocycles. The second-order valence-electron chi connectivity index (χ2n) is 6.58. The van der Waals surface area contributed by atoms with Crippen molar-refractivity contribution < 1.29 is 0 Å². The number of rotatable bonds is 6. The molecule has 0 spiro atoms. The molecule has 3 rings (SSSR count). The van der Waals surface area contributed by atoms with Crippen LogP contribution in [0.4, 0.5) is 11.4 Å². The first-order valence-electron chi connectivity index (χ1n) is 8.81. The number of hydrogen-bond donors (Lipinski definition) is 2. The summed E-state index contributed by atoms with van der Waals surface area (Å²) >= 11 is 0. The van der Waals surface area contributed by atoms with Gasteiger partial charge >= 0.3 is 0 Å². The molecule has 0 amide bonds. The molecule has 2 aliphatic carbocycles. The van der Waals surface area contributed by atoms with E-state index in [1.165, 1.54) is 49.9 Å². The van der Waals surface area contributed by atoms with E-state index in [0.717, 1.165) is 13.1 Å². The minimum Gasteiger partial charge on any atom is -0.384 e. The van der Waals surface area contributed by atoms with Crippen molar-refractivity contribution in [3.63, 3.8) is 0 Å². The van der Waals surface area contributed by atoms with Gasteiger partial charge in [-0.3, -0.25) is 0 Å². The number of hydrogen-bond acceptors (Lipinski definition) is 2. The Morgan fingerprint density at radius 1 is 0.727 bits per heavy atom. The van der Waals surface area contributed by atoms with E-state index in [1.807, 2.05) is 0 Å². The Morgan fingerprint density at radius 2 is 1.18 bits per heavy atom. The van der Waals surface area contributed by atoms with Gasteiger partial charge in [-0.1, -0.05) is 24.3 Å². The molecule has 0 heterocycles. The van der Waals surface area contributed by atoms with E-state index in [1.54, 1.807) is 0 Å². The Balaban J connectivity index is 1.43. The number of benzene rings is 1. The summed E-state index contributed by atoms with van der Waals surface area (Å²) in [5.74, 6) is 1.40. The van der Waals surface area contributed by atoms with Crippen LogP contribution >= 0.6 is 0 Å². The molecule has 0 saturated heterocycles. The minimum absolute atomic E-state index is 0.699. The van der Waals surface area contributed by atoms with E-state index in [-0.39, 0.29) is 0 Å². The van der Waals surface area contributed by atoms with Crippen LogP contribution in [0.5, 0.6) is 0 Å². The van der Waals surface area contributed by atoms with Gasteiger partial charge in [0.05, 0.1) is 0 Å². The van der Waals surface area contributed by atoms with Crippen molar-refractivity contribution in [1.29, 1.82) is 0 Å². The van der Waals surface area contributed by atoms with Crippen LogP contribution in [0.1, 0.15) is 38.5 Å².